The third kappa shape index (κ3) is 5.24. The summed E-state index contributed by atoms with van der Waals surface area (Å²) in [6.07, 6.45) is 3.05. The van der Waals surface area contributed by atoms with E-state index in [9.17, 15) is 9.59 Å². The summed E-state index contributed by atoms with van der Waals surface area (Å²) in [6, 6.07) is 12.8. The Kier molecular flexibility index (Phi) is 7.56. The van der Waals surface area contributed by atoms with E-state index in [1.165, 1.54) is 30.2 Å². The van der Waals surface area contributed by atoms with Crippen molar-refractivity contribution in [3.63, 3.8) is 0 Å². The lowest BCUT2D eigenvalue weighted by Gasteiger charge is -2.08. The molecule has 1 aromatic carbocycles. The first-order valence-corrected chi connectivity index (χ1v) is 11.0. The van der Waals surface area contributed by atoms with Gasteiger partial charge in [0.05, 0.1) is 18.0 Å². The van der Waals surface area contributed by atoms with Crippen LogP contribution in [0, 0.1) is 0 Å². The molecule has 30 heavy (non-hydrogen) atoms. The van der Waals surface area contributed by atoms with Crippen LogP contribution in [0.2, 0.25) is 0 Å². The van der Waals surface area contributed by atoms with Gasteiger partial charge in [0.2, 0.25) is 5.91 Å². The number of nitrogens with one attached hydrogen (secondary N) is 1. The molecule has 0 saturated heterocycles. The molecule has 1 atom stereocenters. The number of methoxy groups -OCH3 is 1. The van der Waals surface area contributed by atoms with E-state index in [-0.39, 0.29) is 11.6 Å². The topological polar surface area (TPSA) is 107 Å². The lowest BCUT2D eigenvalue weighted by molar-refractivity contribution is -0.117. The lowest BCUT2D eigenvalue weighted by atomic mass is 10.2. The number of ether oxygens (including phenoxy) is 1. The second-order valence-electron chi connectivity index (χ2n) is 6.34. The van der Waals surface area contributed by atoms with E-state index < -0.39 is 12.0 Å². The number of pyridine rings is 1. The minimum absolute atomic E-state index is 0.129. The van der Waals surface area contributed by atoms with Crippen LogP contribution in [0.5, 0.6) is 0 Å². The second-order valence-corrected chi connectivity index (χ2v) is 8.41. The number of nitrogens with two attached hydrogens (primary N) is 1. The molecule has 7 nitrogen and oxygen atoms in total. The quantitative estimate of drug-likeness (QED) is 0.503. The molecule has 156 valence electrons. The third-order valence-electron chi connectivity index (χ3n) is 4.15. The number of thiazole rings is 1. The largest absolute Gasteiger partial charge is 0.464 e. The van der Waals surface area contributed by atoms with Crippen molar-refractivity contribution in [2.24, 2.45) is 5.73 Å². The Morgan fingerprint density at radius 1 is 1.23 bits per heavy atom. The van der Waals surface area contributed by atoms with Crippen molar-refractivity contribution in [1.82, 2.24) is 9.97 Å². The summed E-state index contributed by atoms with van der Waals surface area (Å²) in [6.45, 7) is 1.96. The fraction of sp³-hybridized carbons (Fsp3) is 0.238. The zero-order valence-electron chi connectivity index (χ0n) is 16.6. The van der Waals surface area contributed by atoms with E-state index in [0.29, 0.717) is 16.4 Å². The van der Waals surface area contributed by atoms with E-state index in [4.69, 9.17) is 10.5 Å². The monoisotopic (exact) mass is 442 g/mol. The van der Waals surface area contributed by atoms with Gasteiger partial charge in [-0.15, -0.1) is 0 Å². The van der Waals surface area contributed by atoms with Crippen molar-refractivity contribution in [2.45, 2.75) is 35.7 Å². The summed E-state index contributed by atoms with van der Waals surface area (Å²) in [5.41, 5.74) is 6.76. The van der Waals surface area contributed by atoms with Crippen molar-refractivity contribution in [2.75, 3.05) is 12.4 Å². The number of hydrogen-bond acceptors (Lipinski definition) is 8. The van der Waals surface area contributed by atoms with Gasteiger partial charge in [0.1, 0.15) is 5.03 Å². The molecular weight excluding hydrogens is 420 g/mol. The van der Waals surface area contributed by atoms with Crippen molar-refractivity contribution in [3.8, 4) is 10.4 Å². The summed E-state index contributed by atoms with van der Waals surface area (Å²) >= 11 is 2.67. The average molecular weight is 443 g/mol. The number of carbonyl (C=O) groups excluding carboxylic acids is 2. The number of aromatic nitrogens is 2. The zero-order chi connectivity index (χ0) is 21.5. The summed E-state index contributed by atoms with van der Waals surface area (Å²) < 4.78 is 4.90. The SMILES string of the molecule is CCC[C@H](N)C(=O)Nc1nc(C(=O)OC)c(-c2cccnc2Sc2ccccc2)s1. The molecule has 9 heteroatoms. The third-order valence-corrected chi connectivity index (χ3v) is 6.18. The second kappa shape index (κ2) is 10.3. The van der Waals surface area contributed by atoms with E-state index in [2.05, 4.69) is 15.3 Å². The fourth-order valence-electron chi connectivity index (χ4n) is 2.68. The number of anilines is 1. The molecule has 0 aliphatic rings. The summed E-state index contributed by atoms with van der Waals surface area (Å²) in [7, 11) is 1.30. The maximum atomic E-state index is 12.4. The molecule has 3 aromatic rings. The summed E-state index contributed by atoms with van der Waals surface area (Å²) in [4.78, 5) is 35.1. The predicted octanol–water partition coefficient (Wildman–Crippen LogP) is 4.21. The highest BCUT2D eigenvalue weighted by Gasteiger charge is 2.24. The van der Waals surface area contributed by atoms with Crippen LogP contribution < -0.4 is 11.1 Å². The number of rotatable bonds is 8. The maximum absolute atomic E-state index is 12.4. The summed E-state index contributed by atoms with van der Waals surface area (Å²) in [5, 5.41) is 3.73. The number of esters is 1. The summed E-state index contributed by atoms with van der Waals surface area (Å²) in [5.74, 6) is -0.919. The first kappa shape index (κ1) is 21.9. The van der Waals surface area contributed by atoms with Gasteiger partial charge in [-0.1, -0.05) is 54.6 Å². The smallest absolute Gasteiger partial charge is 0.358 e. The van der Waals surface area contributed by atoms with Gasteiger partial charge in [-0.25, -0.2) is 14.8 Å². The van der Waals surface area contributed by atoms with Gasteiger partial charge in [0.15, 0.2) is 10.8 Å². The zero-order valence-corrected chi connectivity index (χ0v) is 18.3. The van der Waals surface area contributed by atoms with Gasteiger partial charge in [0.25, 0.3) is 0 Å². The Labute approximate surface area is 183 Å². The van der Waals surface area contributed by atoms with Crippen LogP contribution >= 0.6 is 23.1 Å². The minimum atomic E-state index is -0.633. The van der Waals surface area contributed by atoms with Crippen LogP contribution in [0.1, 0.15) is 30.3 Å². The molecule has 0 bridgehead atoms. The highest BCUT2D eigenvalue weighted by molar-refractivity contribution is 7.99. The maximum Gasteiger partial charge on any atom is 0.358 e. The van der Waals surface area contributed by atoms with E-state index >= 15 is 0 Å². The normalized spacial score (nSPS) is 11.7. The Bertz CT molecular complexity index is 1020. The number of amides is 1. The van der Waals surface area contributed by atoms with Gasteiger partial charge >= 0.3 is 5.97 Å². The molecule has 3 rings (SSSR count). The average Bonchev–Trinajstić information content (AvgIpc) is 3.18. The van der Waals surface area contributed by atoms with Crippen LogP contribution in [-0.2, 0) is 9.53 Å². The van der Waals surface area contributed by atoms with Gasteiger partial charge in [-0.3, -0.25) is 4.79 Å². The first-order chi connectivity index (χ1) is 14.5. The molecule has 1 amide bonds. The highest BCUT2D eigenvalue weighted by atomic mass is 32.2. The van der Waals surface area contributed by atoms with Crippen molar-refractivity contribution < 1.29 is 14.3 Å². The fourth-order valence-corrected chi connectivity index (χ4v) is 4.63. The van der Waals surface area contributed by atoms with Crippen molar-refractivity contribution in [1.29, 1.82) is 0 Å². The molecule has 0 radical (unpaired) electrons. The van der Waals surface area contributed by atoms with Crippen LogP contribution in [-0.4, -0.2) is 35.0 Å². The molecular formula is C21H22N4O3S2. The molecule has 0 fully saturated rings. The highest BCUT2D eigenvalue weighted by Crippen LogP contribution is 2.40. The number of nitrogens with zero attached hydrogens (tertiary/aromatic N) is 2. The Morgan fingerprint density at radius 3 is 2.70 bits per heavy atom. The van der Waals surface area contributed by atoms with Crippen LogP contribution in [0.25, 0.3) is 10.4 Å². The molecule has 2 aromatic heterocycles. The molecule has 0 spiro atoms. The van der Waals surface area contributed by atoms with Crippen molar-refractivity contribution >= 4 is 40.1 Å². The molecule has 0 unspecified atom stereocenters. The molecule has 2 heterocycles. The Morgan fingerprint density at radius 2 is 2.00 bits per heavy atom. The van der Waals surface area contributed by atoms with Crippen LogP contribution in [0.3, 0.4) is 0 Å². The van der Waals surface area contributed by atoms with Crippen molar-refractivity contribution in [3.05, 3.63) is 54.4 Å². The number of carbonyl (C=O) groups is 2. The van der Waals surface area contributed by atoms with Gasteiger partial charge in [-0.05, 0) is 30.7 Å². The first-order valence-electron chi connectivity index (χ1n) is 9.37. The van der Waals surface area contributed by atoms with E-state index in [0.717, 1.165) is 21.9 Å². The standard InChI is InChI=1S/C21H22N4O3S2/c1-3-8-15(22)18(26)25-21-24-16(20(27)28-2)17(30-21)14-11-7-12-23-19(14)29-13-9-5-4-6-10-13/h4-7,9-12,15H,3,8,22H2,1-2H3,(H,24,25,26)/t15-/m0/s1. The molecule has 0 aliphatic carbocycles. The lowest BCUT2D eigenvalue weighted by Crippen LogP contribution is -2.35. The van der Waals surface area contributed by atoms with E-state index in [1.807, 2.05) is 43.3 Å². The predicted molar refractivity (Wildman–Crippen MR) is 119 cm³/mol. The Balaban J connectivity index is 1.98. The minimum Gasteiger partial charge on any atom is -0.464 e. The Hall–Kier alpha value is -2.75. The number of benzene rings is 1. The molecule has 0 saturated carbocycles. The number of hydrogen-bond donors (Lipinski definition) is 2. The van der Waals surface area contributed by atoms with Gasteiger partial charge < -0.3 is 15.8 Å². The van der Waals surface area contributed by atoms with E-state index in [1.54, 1.807) is 12.3 Å². The van der Waals surface area contributed by atoms with Crippen LogP contribution in [0.15, 0.2) is 58.6 Å². The molecule has 0 aliphatic heterocycles. The van der Waals surface area contributed by atoms with Gasteiger partial charge in [0, 0.05) is 16.7 Å². The van der Waals surface area contributed by atoms with Crippen LogP contribution in [0.4, 0.5) is 5.13 Å². The molecule has 3 N–H and O–H groups in total. The van der Waals surface area contributed by atoms with Gasteiger partial charge in [-0.2, -0.15) is 0 Å².